The summed E-state index contributed by atoms with van der Waals surface area (Å²) in [6, 6.07) is 4.17. The molecular weight excluding hydrogens is 284 g/mol. The highest BCUT2D eigenvalue weighted by atomic mass is 79.9. The van der Waals surface area contributed by atoms with Crippen molar-refractivity contribution in [2.45, 2.75) is 0 Å². The maximum atomic E-state index is 5.28. The quantitative estimate of drug-likeness (QED) is 0.683. The van der Waals surface area contributed by atoms with Gasteiger partial charge in [-0.25, -0.2) is 0 Å². The Morgan fingerprint density at radius 1 is 1.29 bits per heavy atom. The molecule has 0 N–H and O–H groups in total. The Morgan fingerprint density at radius 2 is 2.21 bits per heavy atom. The molecule has 0 aliphatic rings. The van der Waals surface area contributed by atoms with Gasteiger partial charge in [-0.2, -0.15) is 0 Å². The van der Waals surface area contributed by atoms with Gasteiger partial charge in [0.05, 0.1) is 4.88 Å². The molecule has 70 valence electrons. The molecule has 0 spiro atoms. The first-order valence-electron chi connectivity index (χ1n) is 3.79. The Kier molecular flexibility index (Phi) is 1.93. The minimum Gasteiger partial charge on any atom is -0.410 e. The van der Waals surface area contributed by atoms with Crippen molar-refractivity contribution in [2.24, 2.45) is 0 Å². The van der Waals surface area contributed by atoms with Gasteiger partial charge in [0, 0.05) is 25.3 Å². The molecule has 3 rings (SSSR count). The Balaban J connectivity index is 2.18. The Bertz CT molecular complexity index is 554. The first kappa shape index (κ1) is 8.58. The van der Waals surface area contributed by atoms with Crippen molar-refractivity contribution in [3.05, 3.63) is 22.3 Å². The van der Waals surface area contributed by atoms with Gasteiger partial charge in [-0.05, 0) is 17.5 Å². The van der Waals surface area contributed by atoms with Crippen LogP contribution in [-0.2, 0) is 0 Å². The first-order chi connectivity index (χ1) is 6.83. The monoisotopic (exact) mass is 286 g/mol. The molecule has 0 unspecified atom stereocenters. The highest BCUT2D eigenvalue weighted by Gasteiger charge is 2.10. The van der Waals surface area contributed by atoms with Crippen LogP contribution in [-0.4, -0.2) is 10.2 Å². The molecule has 0 radical (unpaired) electrons. The lowest BCUT2D eigenvalue weighted by molar-refractivity contribution is 0.541. The van der Waals surface area contributed by atoms with Crippen molar-refractivity contribution >= 4 is 48.0 Å². The number of nitrogens with zero attached hydrogens (tertiary/aromatic N) is 2. The summed E-state index contributed by atoms with van der Waals surface area (Å²) in [6.45, 7) is 0. The van der Waals surface area contributed by atoms with Gasteiger partial charge in [0.1, 0.15) is 0 Å². The van der Waals surface area contributed by atoms with E-state index in [1.54, 1.807) is 22.7 Å². The van der Waals surface area contributed by atoms with E-state index in [-0.39, 0.29) is 0 Å². The van der Waals surface area contributed by atoms with Crippen LogP contribution < -0.4 is 0 Å². The summed E-state index contributed by atoms with van der Waals surface area (Å²) in [5, 5.41) is 9.75. The maximum absolute atomic E-state index is 5.28. The molecule has 0 fully saturated rings. The van der Waals surface area contributed by atoms with E-state index in [0.717, 1.165) is 4.88 Å². The van der Waals surface area contributed by atoms with Crippen LogP contribution in [0, 0.1) is 0 Å². The van der Waals surface area contributed by atoms with Gasteiger partial charge >= 0.3 is 0 Å². The van der Waals surface area contributed by atoms with Crippen molar-refractivity contribution in [3.8, 4) is 10.8 Å². The summed E-state index contributed by atoms with van der Waals surface area (Å²) >= 11 is 6.51. The van der Waals surface area contributed by atoms with Crippen molar-refractivity contribution in [3.63, 3.8) is 0 Å². The lowest BCUT2D eigenvalue weighted by Crippen LogP contribution is -1.69. The molecule has 0 aliphatic carbocycles. The topological polar surface area (TPSA) is 38.9 Å². The number of halogens is 1. The third kappa shape index (κ3) is 1.30. The molecule has 3 nitrogen and oxygen atoms in total. The van der Waals surface area contributed by atoms with E-state index in [1.165, 1.54) is 9.40 Å². The largest absolute Gasteiger partial charge is 0.410 e. The van der Waals surface area contributed by atoms with Crippen LogP contribution in [0.1, 0.15) is 0 Å². The van der Waals surface area contributed by atoms with Gasteiger partial charge < -0.3 is 4.42 Å². The third-order valence-corrected chi connectivity index (χ3v) is 4.15. The van der Waals surface area contributed by atoms with E-state index in [1.807, 2.05) is 0 Å². The SMILES string of the molecule is Brc1nnc(-c2cc3sccc3s2)o1. The highest BCUT2D eigenvalue weighted by molar-refractivity contribution is 9.10. The Labute approximate surface area is 95.5 Å². The van der Waals surface area contributed by atoms with E-state index < -0.39 is 0 Å². The Hall–Kier alpha value is -0.720. The third-order valence-electron chi connectivity index (χ3n) is 1.75. The fraction of sp³-hybridized carbons (Fsp3) is 0. The molecule has 0 atom stereocenters. The summed E-state index contributed by atoms with van der Waals surface area (Å²) < 4.78 is 7.80. The number of aromatic nitrogens is 2. The molecule has 3 aromatic rings. The molecule has 14 heavy (non-hydrogen) atoms. The normalized spacial score (nSPS) is 11.2. The van der Waals surface area contributed by atoms with Crippen molar-refractivity contribution in [1.82, 2.24) is 10.2 Å². The van der Waals surface area contributed by atoms with Crippen LogP contribution in [0.3, 0.4) is 0 Å². The molecule has 0 aromatic carbocycles. The number of fused-ring (bicyclic) bond motifs is 1. The first-order valence-corrected chi connectivity index (χ1v) is 6.28. The van der Waals surface area contributed by atoms with Crippen LogP contribution in [0.15, 0.2) is 26.7 Å². The molecular formula is C8H3BrN2OS2. The van der Waals surface area contributed by atoms with E-state index in [9.17, 15) is 0 Å². The minimum absolute atomic E-state index is 0.421. The minimum atomic E-state index is 0.421. The van der Waals surface area contributed by atoms with Gasteiger partial charge in [-0.3, -0.25) is 0 Å². The number of hydrogen-bond donors (Lipinski definition) is 0. The fourth-order valence-electron chi connectivity index (χ4n) is 1.18. The zero-order chi connectivity index (χ0) is 9.54. The van der Waals surface area contributed by atoms with E-state index in [2.05, 4.69) is 43.6 Å². The smallest absolute Gasteiger partial charge is 0.285 e. The van der Waals surface area contributed by atoms with E-state index in [4.69, 9.17) is 4.42 Å². The van der Waals surface area contributed by atoms with Crippen LogP contribution in [0.2, 0.25) is 0 Å². The molecule has 3 aromatic heterocycles. The van der Waals surface area contributed by atoms with E-state index >= 15 is 0 Å². The molecule has 3 heterocycles. The van der Waals surface area contributed by atoms with Crippen LogP contribution in [0.4, 0.5) is 0 Å². The van der Waals surface area contributed by atoms with Crippen LogP contribution in [0.5, 0.6) is 0 Å². The van der Waals surface area contributed by atoms with Gasteiger partial charge in [0.2, 0.25) is 0 Å². The van der Waals surface area contributed by atoms with Gasteiger partial charge in [0.15, 0.2) is 0 Å². The summed E-state index contributed by atoms with van der Waals surface area (Å²) in [5.41, 5.74) is 0. The highest BCUT2D eigenvalue weighted by Crippen LogP contribution is 2.35. The number of rotatable bonds is 1. The van der Waals surface area contributed by atoms with E-state index in [0.29, 0.717) is 10.7 Å². The molecule has 0 aliphatic heterocycles. The lowest BCUT2D eigenvalue weighted by atomic mass is 10.4. The lowest BCUT2D eigenvalue weighted by Gasteiger charge is -1.82. The average Bonchev–Trinajstić information content (AvgIpc) is 2.75. The summed E-state index contributed by atoms with van der Waals surface area (Å²) in [6.07, 6.45) is 0. The number of hydrogen-bond acceptors (Lipinski definition) is 5. The van der Waals surface area contributed by atoms with Gasteiger partial charge in [0.25, 0.3) is 10.7 Å². The van der Waals surface area contributed by atoms with Crippen LogP contribution >= 0.6 is 38.6 Å². The van der Waals surface area contributed by atoms with Crippen molar-refractivity contribution in [1.29, 1.82) is 0 Å². The standard InChI is InChI=1S/C8H3BrN2OS2/c9-8-11-10-7(12-8)6-3-5-4(14-6)1-2-13-5/h1-3H. The average molecular weight is 287 g/mol. The van der Waals surface area contributed by atoms with Crippen molar-refractivity contribution in [2.75, 3.05) is 0 Å². The zero-order valence-electron chi connectivity index (χ0n) is 6.73. The Morgan fingerprint density at radius 3 is 2.93 bits per heavy atom. The van der Waals surface area contributed by atoms with Crippen molar-refractivity contribution < 1.29 is 4.42 Å². The summed E-state index contributed by atoms with van der Waals surface area (Å²) in [4.78, 5) is 1.44. The van der Waals surface area contributed by atoms with Gasteiger partial charge in [-0.15, -0.1) is 32.9 Å². The number of thiophene rings is 2. The predicted molar refractivity (Wildman–Crippen MR) is 60.7 cm³/mol. The second-order valence-corrected chi connectivity index (χ2v) is 5.33. The van der Waals surface area contributed by atoms with Gasteiger partial charge in [-0.1, -0.05) is 0 Å². The molecule has 0 amide bonds. The molecule has 0 saturated heterocycles. The summed E-state index contributed by atoms with van der Waals surface area (Å²) in [7, 11) is 0. The molecule has 0 bridgehead atoms. The predicted octanol–water partition coefficient (Wildman–Crippen LogP) is 3.78. The van der Waals surface area contributed by atoms with Crippen LogP contribution in [0.25, 0.3) is 20.2 Å². The second kappa shape index (κ2) is 3.15. The molecule has 6 heteroatoms. The second-order valence-electron chi connectivity index (χ2n) is 2.62. The summed E-state index contributed by atoms with van der Waals surface area (Å²) in [5.74, 6) is 0.574. The maximum Gasteiger partial charge on any atom is 0.285 e. The fourth-order valence-corrected chi connectivity index (χ4v) is 3.44. The molecule has 0 saturated carbocycles. The zero-order valence-corrected chi connectivity index (χ0v) is 9.95.